The molecule has 1 aliphatic rings. The molecule has 0 spiro atoms. The van der Waals surface area contributed by atoms with Crippen LogP contribution in [0.4, 0.5) is 0 Å². The van der Waals surface area contributed by atoms with E-state index in [0.717, 1.165) is 29.5 Å². The summed E-state index contributed by atoms with van der Waals surface area (Å²) in [7, 11) is 0. The summed E-state index contributed by atoms with van der Waals surface area (Å²) in [6.45, 7) is 1.13. The SMILES string of the molecule is NCc1ccc(CNC(=O)[C@@H](CNC(=O)[C@H](N)CC2CCCCC2)c2ccccc2)cc1. The minimum atomic E-state index is -0.529. The molecule has 0 aliphatic heterocycles. The van der Waals surface area contributed by atoms with Crippen molar-refractivity contribution in [2.75, 3.05) is 6.54 Å². The molecule has 2 aromatic rings. The Kier molecular flexibility index (Phi) is 9.26. The maximum Gasteiger partial charge on any atom is 0.236 e. The van der Waals surface area contributed by atoms with Crippen molar-refractivity contribution in [2.45, 2.75) is 63.6 Å². The lowest BCUT2D eigenvalue weighted by Gasteiger charge is -2.25. The van der Waals surface area contributed by atoms with Crippen LogP contribution in [0, 0.1) is 5.92 Å². The van der Waals surface area contributed by atoms with E-state index in [9.17, 15) is 9.59 Å². The zero-order valence-corrected chi connectivity index (χ0v) is 18.8. The lowest BCUT2D eigenvalue weighted by molar-refractivity contribution is -0.124. The number of carbonyl (C=O) groups excluding carboxylic acids is 2. The highest BCUT2D eigenvalue weighted by Gasteiger charge is 2.25. The van der Waals surface area contributed by atoms with Gasteiger partial charge in [0.1, 0.15) is 0 Å². The van der Waals surface area contributed by atoms with E-state index in [1.165, 1.54) is 19.3 Å². The van der Waals surface area contributed by atoms with Crippen LogP contribution in [0.25, 0.3) is 0 Å². The molecule has 1 fully saturated rings. The van der Waals surface area contributed by atoms with Crippen LogP contribution in [0.1, 0.15) is 61.1 Å². The normalized spacial score (nSPS) is 16.2. The molecule has 6 nitrogen and oxygen atoms in total. The monoisotopic (exact) mass is 436 g/mol. The van der Waals surface area contributed by atoms with Crippen LogP contribution in [-0.2, 0) is 22.7 Å². The minimum absolute atomic E-state index is 0.125. The number of rotatable bonds is 10. The molecule has 172 valence electrons. The second-order valence-corrected chi connectivity index (χ2v) is 8.79. The van der Waals surface area contributed by atoms with Crippen molar-refractivity contribution in [2.24, 2.45) is 17.4 Å². The first kappa shape index (κ1) is 24.0. The molecular weight excluding hydrogens is 400 g/mol. The van der Waals surface area contributed by atoms with E-state index < -0.39 is 12.0 Å². The molecule has 1 aliphatic carbocycles. The molecule has 2 aromatic carbocycles. The Hall–Kier alpha value is -2.70. The number of carbonyl (C=O) groups is 2. The van der Waals surface area contributed by atoms with Gasteiger partial charge in [0, 0.05) is 19.6 Å². The summed E-state index contributed by atoms with van der Waals surface area (Å²) >= 11 is 0. The van der Waals surface area contributed by atoms with Crippen LogP contribution >= 0.6 is 0 Å². The Morgan fingerprint density at radius 1 is 0.875 bits per heavy atom. The summed E-state index contributed by atoms with van der Waals surface area (Å²) < 4.78 is 0. The summed E-state index contributed by atoms with van der Waals surface area (Å²) in [4.78, 5) is 25.7. The van der Waals surface area contributed by atoms with Gasteiger partial charge in [-0.3, -0.25) is 9.59 Å². The molecule has 0 bridgehead atoms. The van der Waals surface area contributed by atoms with E-state index in [4.69, 9.17) is 11.5 Å². The third-order valence-corrected chi connectivity index (χ3v) is 6.37. The highest BCUT2D eigenvalue weighted by molar-refractivity contribution is 5.86. The molecule has 32 heavy (non-hydrogen) atoms. The average molecular weight is 437 g/mol. The largest absolute Gasteiger partial charge is 0.354 e. The molecule has 0 heterocycles. The second kappa shape index (κ2) is 12.4. The molecule has 0 aromatic heterocycles. The Bertz CT molecular complexity index is 848. The van der Waals surface area contributed by atoms with Gasteiger partial charge in [-0.25, -0.2) is 0 Å². The van der Waals surface area contributed by atoms with E-state index in [-0.39, 0.29) is 18.4 Å². The van der Waals surface area contributed by atoms with Gasteiger partial charge in [0.25, 0.3) is 0 Å². The van der Waals surface area contributed by atoms with E-state index in [0.29, 0.717) is 25.4 Å². The van der Waals surface area contributed by atoms with E-state index in [2.05, 4.69) is 10.6 Å². The predicted octanol–water partition coefficient (Wildman–Crippen LogP) is 2.96. The van der Waals surface area contributed by atoms with Gasteiger partial charge in [-0.05, 0) is 29.0 Å². The third-order valence-electron chi connectivity index (χ3n) is 6.37. The van der Waals surface area contributed by atoms with Crippen LogP contribution in [0.15, 0.2) is 54.6 Å². The minimum Gasteiger partial charge on any atom is -0.354 e. The number of hydrogen-bond acceptors (Lipinski definition) is 4. The van der Waals surface area contributed by atoms with Gasteiger partial charge in [-0.2, -0.15) is 0 Å². The topological polar surface area (TPSA) is 110 Å². The lowest BCUT2D eigenvalue weighted by atomic mass is 9.85. The summed E-state index contributed by atoms with van der Waals surface area (Å²) in [5.41, 5.74) is 14.7. The van der Waals surface area contributed by atoms with Crippen LogP contribution in [0.2, 0.25) is 0 Å². The zero-order chi connectivity index (χ0) is 22.8. The standard InChI is InChI=1S/C26H36N4O2/c27-16-20-11-13-21(14-12-20)17-29-25(31)23(22-9-5-2-6-10-22)18-30-26(32)24(28)15-19-7-3-1-4-8-19/h2,5-6,9-14,19,23-24H,1,3-4,7-8,15-18,27-28H2,(H,29,31)(H,30,32)/t23-,24+/m0/s1. The van der Waals surface area contributed by atoms with Crippen molar-refractivity contribution in [3.8, 4) is 0 Å². The number of benzene rings is 2. The molecule has 1 saturated carbocycles. The number of nitrogens with one attached hydrogen (secondary N) is 2. The number of amides is 2. The molecular formula is C26H36N4O2. The molecule has 6 heteroatoms. The Balaban J connectivity index is 1.57. The molecule has 2 atom stereocenters. The molecule has 6 N–H and O–H groups in total. The molecule has 0 saturated heterocycles. The average Bonchev–Trinajstić information content (AvgIpc) is 2.84. The van der Waals surface area contributed by atoms with Crippen molar-refractivity contribution in [3.05, 3.63) is 71.3 Å². The van der Waals surface area contributed by atoms with Gasteiger partial charge >= 0.3 is 0 Å². The second-order valence-electron chi connectivity index (χ2n) is 8.79. The van der Waals surface area contributed by atoms with E-state index in [1.54, 1.807) is 0 Å². The third kappa shape index (κ3) is 7.18. The fourth-order valence-electron chi connectivity index (χ4n) is 4.38. The smallest absolute Gasteiger partial charge is 0.236 e. The first-order valence-electron chi connectivity index (χ1n) is 11.7. The van der Waals surface area contributed by atoms with Crippen molar-refractivity contribution in [1.29, 1.82) is 0 Å². The maximum absolute atomic E-state index is 13.0. The van der Waals surface area contributed by atoms with Crippen LogP contribution < -0.4 is 22.1 Å². The maximum atomic E-state index is 13.0. The Labute approximate surface area is 191 Å². The first-order valence-corrected chi connectivity index (χ1v) is 11.7. The van der Waals surface area contributed by atoms with Crippen molar-refractivity contribution in [1.82, 2.24) is 10.6 Å². The Morgan fingerprint density at radius 3 is 2.19 bits per heavy atom. The van der Waals surface area contributed by atoms with Gasteiger partial charge < -0.3 is 22.1 Å². The molecule has 3 rings (SSSR count). The predicted molar refractivity (Wildman–Crippen MR) is 128 cm³/mol. The fourth-order valence-corrected chi connectivity index (χ4v) is 4.38. The van der Waals surface area contributed by atoms with E-state index >= 15 is 0 Å². The highest BCUT2D eigenvalue weighted by atomic mass is 16.2. The number of hydrogen-bond donors (Lipinski definition) is 4. The van der Waals surface area contributed by atoms with Gasteiger partial charge in [-0.1, -0.05) is 86.7 Å². The number of nitrogens with two attached hydrogens (primary N) is 2. The van der Waals surface area contributed by atoms with E-state index in [1.807, 2.05) is 54.6 Å². The lowest BCUT2D eigenvalue weighted by Crippen LogP contribution is -2.45. The summed E-state index contributed by atoms with van der Waals surface area (Å²) in [5.74, 6) is -0.254. The van der Waals surface area contributed by atoms with Crippen molar-refractivity contribution in [3.63, 3.8) is 0 Å². The Morgan fingerprint density at radius 2 is 1.53 bits per heavy atom. The van der Waals surface area contributed by atoms with Gasteiger partial charge in [0.15, 0.2) is 0 Å². The van der Waals surface area contributed by atoms with Gasteiger partial charge in [-0.15, -0.1) is 0 Å². The quantitative estimate of drug-likeness (QED) is 0.459. The molecule has 2 amide bonds. The fraction of sp³-hybridized carbons (Fsp3) is 0.462. The zero-order valence-electron chi connectivity index (χ0n) is 18.8. The van der Waals surface area contributed by atoms with Crippen LogP contribution in [-0.4, -0.2) is 24.4 Å². The summed E-state index contributed by atoms with van der Waals surface area (Å²) in [6, 6.07) is 16.9. The van der Waals surface area contributed by atoms with Crippen molar-refractivity contribution < 1.29 is 9.59 Å². The van der Waals surface area contributed by atoms with Gasteiger partial charge in [0.2, 0.25) is 11.8 Å². The van der Waals surface area contributed by atoms with Crippen LogP contribution in [0.5, 0.6) is 0 Å². The molecule has 0 radical (unpaired) electrons. The summed E-state index contributed by atoms with van der Waals surface area (Å²) in [5, 5.41) is 5.93. The summed E-state index contributed by atoms with van der Waals surface area (Å²) in [6.07, 6.45) is 6.76. The van der Waals surface area contributed by atoms with Gasteiger partial charge in [0.05, 0.1) is 12.0 Å². The highest BCUT2D eigenvalue weighted by Crippen LogP contribution is 2.27. The van der Waals surface area contributed by atoms with Crippen molar-refractivity contribution >= 4 is 11.8 Å². The van der Waals surface area contributed by atoms with Crippen LogP contribution in [0.3, 0.4) is 0 Å². The molecule has 0 unspecified atom stereocenters. The first-order chi connectivity index (χ1) is 15.6.